The predicted octanol–water partition coefficient (Wildman–Crippen LogP) is -0.472. The van der Waals surface area contributed by atoms with Gasteiger partial charge in [0.05, 0.1) is 25.9 Å². The fourth-order valence-electron chi connectivity index (χ4n) is 0.908. The van der Waals surface area contributed by atoms with Crippen LogP contribution < -0.4 is 0 Å². The van der Waals surface area contributed by atoms with E-state index in [0.717, 1.165) is 6.61 Å². The largest absolute Gasteiger partial charge is 0.676 e. The lowest BCUT2D eigenvalue weighted by atomic mass is 10.4. The Morgan fingerprint density at radius 1 is 1.47 bits per heavy atom. The highest BCUT2D eigenvalue weighted by molar-refractivity contribution is 6.51. The average Bonchev–Trinajstić information content (AvgIpc) is 3.07. The van der Waals surface area contributed by atoms with Crippen molar-refractivity contribution in [3.63, 3.8) is 0 Å². The lowest BCUT2D eigenvalue weighted by Crippen LogP contribution is -2.45. The number of rotatable bonds is 8. The van der Waals surface area contributed by atoms with Crippen molar-refractivity contribution in [1.82, 2.24) is 0 Å². The lowest BCUT2D eigenvalue weighted by Gasteiger charge is -2.21. The van der Waals surface area contributed by atoms with Gasteiger partial charge in [0.25, 0.3) is 0 Å². The first-order valence-electron chi connectivity index (χ1n) is 4.79. The maximum atomic E-state index is 9.56. The zero-order chi connectivity index (χ0) is 11.3. The fourth-order valence-corrected chi connectivity index (χ4v) is 1.76. The second-order valence-corrected chi connectivity index (χ2v) is 5.50. The number of hydrogen-bond donors (Lipinski definition) is 1. The van der Waals surface area contributed by atoms with Gasteiger partial charge >= 0.3 is 9.05 Å². The highest BCUT2D eigenvalue weighted by Gasteiger charge is 2.39. The molecule has 0 spiro atoms. The van der Waals surface area contributed by atoms with Gasteiger partial charge in [0.15, 0.2) is 0 Å². The van der Waals surface area contributed by atoms with Crippen molar-refractivity contribution < 1.29 is 27.5 Å². The summed E-state index contributed by atoms with van der Waals surface area (Å²) in [6.07, 6.45) is 0.104. The van der Waals surface area contributed by atoms with Crippen LogP contribution in [0.5, 0.6) is 0 Å². The number of hydrogen-bond acceptors (Lipinski definition) is 6. The molecule has 1 saturated heterocycles. The molecule has 0 amide bonds. The van der Waals surface area contributed by atoms with E-state index in [9.17, 15) is 4.80 Å². The Morgan fingerprint density at radius 3 is 2.53 bits per heavy atom. The quantitative estimate of drug-likeness (QED) is 0.455. The number of ether oxygens (including phenoxy) is 2. The summed E-state index contributed by atoms with van der Waals surface area (Å²) in [5, 5.41) is 0. The van der Waals surface area contributed by atoms with Crippen molar-refractivity contribution in [2.75, 3.05) is 34.0 Å². The van der Waals surface area contributed by atoms with E-state index in [1.54, 1.807) is 0 Å². The van der Waals surface area contributed by atoms with Crippen molar-refractivity contribution in [3.05, 3.63) is 0 Å². The molecule has 15 heavy (non-hydrogen) atoms. The molecule has 1 aliphatic heterocycles. The summed E-state index contributed by atoms with van der Waals surface area (Å²) in [5.74, 6) is 0. The summed E-state index contributed by atoms with van der Waals surface area (Å²) in [5.41, 5.74) is 0. The number of epoxide rings is 1. The van der Waals surface area contributed by atoms with Gasteiger partial charge in [0.2, 0.25) is 0 Å². The second kappa shape index (κ2) is 5.90. The monoisotopic (exact) mass is 238 g/mol. The van der Waals surface area contributed by atoms with E-state index >= 15 is 0 Å². The minimum atomic E-state index is -3.41. The third kappa shape index (κ3) is 5.02. The molecule has 0 aromatic carbocycles. The van der Waals surface area contributed by atoms with Crippen LogP contribution in [0.3, 0.4) is 0 Å². The van der Waals surface area contributed by atoms with Crippen molar-refractivity contribution in [2.45, 2.75) is 19.1 Å². The molecule has 2 atom stereocenters. The molecule has 6 nitrogen and oxygen atoms in total. The van der Waals surface area contributed by atoms with E-state index < -0.39 is 9.05 Å². The first kappa shape index (κ1) is 13.0. The molecule has 0 radical (unpaired) electrons. The standard InChI is InChI=1S/C8H18O6Si/c1-7(12-5-8-6-13-8)4-14-15(9,10-2)11-3/h7-9H,4-6H2,1-3H3. The first-order chi connectivity index (χ1) is 7.09. The molecular formula is C8H18O6Si. The summed E-state index contributed by atoms with van der Waals surface area (Å²) in [6.45, 7) is 3.41. The molecule has 90 valence electrons. The third-order valence-electron chi connectivity index (χ3n) is 1.99. The van der Waals surface area contributed by atoms with Gasteiger partial charge in [0.1, 0.15) is 6.10 Å². The summed E-state index contributed by atoms with van der Waals surface area (Å²) in [7, 11) is -0.719. The Kier molecular flexibility index (Phi) is 5.13. The summed E-state index contributed by atoms with van der Waals surface area (Å²) < 4.78 is 25.0. The van der Waals surface area contributed by atoms with E-state index in [1.807, 2.05) is 6.92 Å². The Bertz CT molecular complexity index is 182. The molecule has 0 aliphatic carbocycles. The van der Waals surface area contributed by atoms with Crippen molar-refractivity contribution in [2.24, 2.45) is 0 Å². The molecule has 7 heteroatoms. The molecule has 0 aromatic rings. The maximum absolute atomic E-state index is 9.56. The Hall–Kier alpha value is -0.0231. The van der Waals surface area contributed by atoms with Gasteiger partial charge in [-0.1, -0.05) is 0 Å². The van der Waals surface area contributed by atoms with Crippen LogP contribution in [0, 0.1) is 0 Å². The SMILES string of the molecule is CO[Si](O)(OC)OCC(C)OCC1CO1. The highest BCUT2D eigenvalue weighted by Crippen LogP contribution is 2.10. The molecule has 1 aliphatic rings. The van der Waals surface area contributed by atoms with Crippen molar-refractivity contribution in [1.29, 1.82) is 0 Å². The van der Waals surface area contributed by atoms with Gasteiger partial charge in [-0.05, 0) is 6.92 Å². The van der Waals surface area contributed by atoms with Crippen LogP contribution in [-0.4, -0.2) is 60.1 Å². The van der Waals surface area contributed by atoms with E-state index in [4.69, 9.17) is 22.8 Å². The van der Waals surface area contributed by atoms with Gasteiger partial charge in [-0.15, -0.1) is 0 Å². The molecule has 1 heterocycles. The molecule has 0 bridgehead atoms. The van der Waals surface area contributed by atoms with Crippen molar-refractivity contribution >= 4 is 9.05 Å². The zero-order valence-electron chi connectivity index (χ0n) is 9.26. The minimum Gasteiger partial charge on any atom is -0.373 e. The van der Waals surface area contributed by atoms with Crippen LogP contribution in [0.2, 0.25) is 0 Å². The minimum absolute atomic E-state index is 0.126. The molecule has 1 N–H and O–H groups in total. The van der Waals surface area contributed by atoms with Crippen molar-refractivity contribution in [3.8, 4) is 0 Å². The van der Waals surface area contributed by atoms with E-state index in [0.29, 0.717) is 6.61 Å². The van der Waals surface area contributed by atoms with Gasteiger partial charge in [-0.2, -0.15) is 0 Å². The molecule has 1 fully saturated rings. The Balaban J connectivity index is 2.10. The first-order valence-corrected chi connectivity index (χ1v) is 6.46. The molecule has 0 saturated carbocycles. The zero-order valence-corrected chi connectivity index (χ0v) is 10.3. The molecule has 0 aromatic heterocycles. The van der Waals surface area contributed by atoms with Crippen LogP contribution in [-0.2, 0) is 22.8 Å². The Labute approximate surface area is 90.5 Å². The normalized spacial score (nSPS) is 22.8. The molecular weight excluding hydrogens is 220 g/mol. The maximum Gasteiger partial charge on any atom is 0.676 e. The van der Waals surface area contributed by atoms with Crippen LogP contribution in [0.4, 0.5) is 0 Å². The van der Waals surface area contributed by atoms with Gasteiger partial charge in [-0.25, -0.2) is 0 Å². The molecule has 2 unspecified atom stereocenters. The van der Waals surface area contributed by atoms with Crippen LogP contribution in [0.1, 0.15) is 6.92 Å². The van der Waals surface area contributed by atoms with Gasteiger partial charge in [-0.3, -0.25) is 0 Å². The lowest BCUT2D eigenvalue weighted by molar-refractivity contribution is -0.0298. The predicted molar refractivity (Wildman–Crippen MR) is 53.1 cm³/mol. The van der Waals surface area contributed by atoms with E-state index in [-0.39, 0.29) is 18.8 Å². The second-order valence-electron chi connectivity index (χ2n) is 3.34. The molecule has 1 rings (SSSR count). The summed E-state index contributed by atoms with van der Waals surface area (Å²) in [6, 6.07) is 0. The topological polar surface area (TPSA) is 69.7 Å². The Morgan fingerprint density at radius 2 is 2.07 bits per heavy atom. The van der Waals surface area contributed by atoms with E-state index in [2.05, 4.69) is 0 Å². The third-order valence-corrected chi connectivity index (χ3v) is 3.55. The van der Waals surface area contributed by atoms with Gasteiger partial charge in [0, 0.05) is 14.2 Å². The van der Waals surface area contributed by atoms with E-state index in [1.165, 1.54) is 14.2 Å². The van der Waals surface area contributed by atoms with Crippen LogP contribution in [0.25, 0.3) is 0 Å². The highest BCUT2D eigenvalue weighted by atomic mass is 28.4. The smallest absolute Gasteiger partial charge is 0.373 e. The van der Waals surface area contributed by atoms with Gasteiger partial charge < -0.3 is 27.5 Å². The summed E-state index contributed by atoms with van der Waals surface area (Å²) in [4.78, 5) is 9.56. The average molecular weight is 238 g/mol. The fraction of sp³-hybridized carbons (Fsp3) is 1.00. The summed E-state index contributed by atoms with van der Waals surface area (Å²) >= 11 is 0. The van der Waals surface area contributed by atoms with Crippen LogP contribution >= 0.6 is 0 Å². The van der Waals surface area contributed by atoms with Crippen LogP contribution in [0.15, 0.2) is 0 Å².